The SMILES string of the molecule is Nc1n[nH]nc1C(=O)NC1CCC1. The Balaban J connectivity index is 2.00. The second-order valence-corrected chi connectivity index (χ2v) is 3.16. The van der Waals surface area contributed by atoms with Gasteiger partial charge in [0.15, 0.2) is 11.5 Å². The lowest BCUT2D eigenvalue weighted by Crippen LogP contribution is -2.39. The molecule has 1 heterocycles. The summed E-state index contributed by atoms with van der Waals surface area (Å²) in [5, 5.41) is 12.3. The molecule has 1 aliphatic rings. The van der Waals surface area contributed by atoms with Gasteiger partial charge in [-0.25, -0.2) is 0 Å². The van der Waals surface area contributed by atoms with Gasteiger partial charge in [-0.05, 0) is 19.3 Å². The van der Waals surface area contributed by atoms with Crippen molar-refractivity contribution >= 4 is 11.7 Å². The molecule has 1 aliphatic carbocycles. The van der Waals surface area contributed by atoms with Crippen LogP contribution in [0.15, 0.2) is 0 Å². The smallest absolute Gasteiger partial charge is 0.275 e. The van der Waals surface area contributed by atoms with Gasteiger partial charge in [0, 0.05) is 6.04 Å². The minimum absolute atomic E-state index is 0.150. The third-order valence-electron chi connectivity index (χ3n) is 2.23. The van der Waals surface area contributed by atoms with E-state index in [9.17, 15) is 4.79 Å². The van der Waals surface area contributed by atoms with E-state index in [2.05, 4.69) is 20.7 Å². The Morgan fingerprint density at radius 1 is 1.54 bits per heavy atom. The third kappa shape index (κ3) is 1.47. The summed E-state index contributed by atoms with van der Waals surface area (Å²) in [5.74, 6) is -0.0900. The predicted octanol–water partition coefficient (Wildman–Crippen LogP) is -0.331. The van der Waals surface area contributed by atoms with Crippen LogP contribution in [-0.2, 0) is 0 Å². The number of nitrogen functional groups attached to an aromatic ring is 1. The van der Waals surface area contributed by atoms with Crippen molar-refractivity contribution < 1.29 is 4.79 Å². The highest BCUT2D eigenvalue weighted by Crippen LogP contribution is 2.18. The number of carbonyl (C=O) groups excluding carboxylic acids is 1. The van der Waals surface area contributed by atoms with Crippen LogP contribution in [0.4, 0.5) is 5.82 Å². The first-order valence-electron chi connectivity index (χ1n) is 4.24. The van der Waals surface area contributed by atoms with Crippen LogP contribution >= 0.6 is 0 Å². The molecular formula is C7H11N5O. The van der Waals surface area contributed by atoms with Crippen molar-refractivity contribution in [3.63, 3.8) is 0 Å². The van der Waals surface area contributed by atoms with Crippen molar-refractivity contribution in [3.05, 3.63) is 5.69 Å². The molecule has 70 valence electrons. The fourth-order valence-corrected chi connectivity index (χ4v) is 1.21. The summed E-state index contributed by atoms with van der Waals surface area (Å²) >= 11 is 0. The monoisotopic (exact) mass is 181 g/mol. The molecule has 1 aromatic rings. The number of hydrogen-bond donors (Lipinski definition) is 3. The quantitative estimate of drug-likeness (QED) is 0.582. The van der Waals surface area contributed by atoms with Gasteiger partial charge >= 0.3 is 0 Å². The topological polar surface area (TPSA) is 96.7 Å². The minimum atomic E-state index is -0.240. The van der Waals surface area contributed by atoms with Gasteiger partial charge in [0.25, 0.3) is 5.91 Å². The van der Waals surface area contributed by atoms with E-state index >= 15 is 0 Å². The lowest BCUT2D eigenvalue weighted by atomic mass is 9.93. The zero-order valence-corrected chi connectivity index (χ0v) is 7.08. The van der Waals surface area contributed by atoms with Crippen molar-refractivity contribution in [1.82, 2.24) is 20.7 Å². The summed E-state index contributed by atoms with van der Waals surface area (Å²) in [6, 6.07) is 0.295. The highest BCUT2D eigenvalue weighted by Gasteiger charge is 2.22. The molecule has 0 bridgehead atoms. The van der Waals surface area contributed by atoms with Gasteiger partial charge in [0.2, 0.25) is 0 Å². The molecule has 0 aromatic carbocycles. The van der Waals surface area contributed by atoms with E-state index in [1.165, 1.54) is 6.42 Å². The van der Waals surface area contributed by atoms with Gasteiger partial charge in [0.05, 0.1) is 0 Å². The molecule has 4 N–H and O–H groups in total. The van der Waals surface area contributed by atoms with Gasteiger partial charge in [-0.1, -0.05) is 0 Å². The van der Waals surface area contributed by atoms with E-state index < -0.39 is 0 Å². The van der Waals surface area contributed by atoms with Gasteiger partial charge < -0.3 is 11.1 Å². The molecule has 1 saturated carbocycles. The maximum atomic E-state index is 11.4. The van der Waals surface area contributed by atoms with Gasteiger partial charge in [-0.3, -0.25) is 4.79 Å². The highest BCUT2D eigenvalue weighted by molar-refractivity contribution is 5.96. The van der Waals surface area contributed by atoms with Crippen LogP contribution in [-0.4, -0.2) is 27.4 Å². The number of hydrogen-bond acceptors (Lipinski definition) is 4. The third-order valence-corrected chi connectivity index (χ3v) is 2.23. The summed E-state index contributed by atoms with van der Waals surface area (Å²) < 4.78 is 0. The number of H-pyrrole nitrogens is 1. The summed E-state index contributed by atoms with van der Waals surface area (Å²) in [7, 11) is 0. The standard InChI is InChI=1S/C7H11N5O/c8-6-5(10-12-11-6)7(13)9-4-2-1-3-4/h4H,1-3H2,(H,9,13)(H3,8,10,11,12). The van der Waals surface area contributed by atoms with Gasteiger partial charge in [0.1, 0.15) is 0 Å². The van der Waals surface area contributed by atoms with Crippen molar-refractivity contribution in [2.75, 3.05) is 5.73 Å². The summed E-state index contributed by atoms with van der Waals surface area (Å²) in [4.78, 5) is 11.4. The van der Waals surface area contributed by atoms with Crippen LogP contribution in [0.2, 0.25) is 0 Å². The van der Waals surface area contributed by atoms with E-state index in [0.717, 1.165) is 12.8 Å². The molecule has 0 saturated heterocycles. The average Bonchev–Trinajstić information content (AvgIpc) is 2.43. The first kappa shape index (κ1) is 8.03. The van der Waals surface area contributed by atoms with E-state index in [-0.39, 0.29) is 17.4 Å². The zero-order valence-electron chi connectivity index (χ0n) is 7.08. The van der Waals surface area contributed by atoms with E-state index in [4.69, 9.17) is 5.73 Å². The van der Waals surface area contributed by atoms with Crippen molar-refractivity contribution in [2.24, 2.45) is 0 Å². The Kier molecular flexibility index (Phi) is 1.88. The maximum absolute atomic E-state index is 11.4. The number of aromatic nitrogens is 3. The molecule has 0 spiro atoms. The Morgan fingerprint density at radius 2 is 2.31 bits per heavy atom. The molecule has 1 amide bonds. The van der Waals surface area contributed by atoms with Crippen LogP contribution < -0.4 is 11.1 Å². The number of carbonyl (C=O) groups is 1. The molecule has 6 nitrogen and oxygen atoms in total. The van der Waals surface area contributed by atoms with Crippen LogP contribution in [0, 0.1) is 0 Å². The second kappa shape index (κ2) is 3.04. The Labute approximate surface area is 74.9 Å². The molecule has 0 atom stereocenters. The van der Waals surface area contributed by atoms with Crippen molar-refractivity contribution in [2.45, 2.75) is 25.3 Å². The summed E-state index contributed by atoms with van der Waals surface area (Å²) in [5.41, 5.74) is 5.60. The fraction of sp³-hybridized carbons (Fsp3) is 0.571. The molecule has 13 heavy (non-hydrogen) atoms. The van der Waals surface area contributed by atoms with Crippen LogP contribution in [0.25, 0.3) is 0 Å². The van der Waals surface area contributed by atoms with Crippen LogP contribution in [0.1, 0.15) is 29.8 Å². The molecule has 0 radical (unpaired) electrons. The van der Waals surface area contributed by atoms with Gasteiger partial charge in [-0.2, -0.15) is 5.21 Å². The Bertz CT molecular complexity index is 316. The van der Waals surface area contributed by atoms with E-state index in [1.807, 2.05) is 0 Å². The highest BCUT2D eigenvalue weighted by atomic mass is 16.2. The lowest BCUT2D eigenvalue weighted by molar-refractivity contribution is 0.0913. The Morgan fingerprint density at radius 3 is 2.77 bits per heavy atom. The van der Waals surface area contributed by atoms with Crippen LogP contribution in [0.3, 0.4) is 0 Å². The molecule has 0 unspecified atom stereocenters. The average molecular weight is 181 g/mol. The van der Waals surface area contributed by atoms with E-state index in [0.29, 0.717) is 6.04 Å². The van der Waals surface area contributed by atoms with Crippen molar-refractivity contribution in [3.8, 4) is 0 Å². The number of nitrogens with two attached hydrogens (primary N) is 1. The lowest BCUT2D eigenvalue weighted by Gasteiger charge is -2.25. The van der Waals surface area contributed by atoms with Gasteiger partial charge in [-0.15, -0.1) is 10.2 Å². The minimum Gasteiger partial charge on any atom is -0.380 e. The number of nitrogens with zero attached hydrogens (tertiary/aromatic N) is 2. The molecule has 1 aromatic heterocycles. The fourth-order valence-electron chi connectivity index (χ4n) is 1.21. The first-order valence-corrected chi connectivity index (χ1v) is 4.24. The first-order chi connectivity index (χ1) is 6.27. The number of aromatic amines is 1. The molecule has 2 rings (SSSR count). The van der Waals surface area contributed by atoms with Crippen LogP contribution in [0.5, 0.6) is 0 Å². The zero-order chi connectivity index (χ0) is 9.26. The number of rotatable bonds is 2. The number of nitrogens with one attached hydrogen (secondary N) is 2. The number of amides is 1. The normalized spacial score (nSPS) is 16.6. The summed E-state index contributed by atoms with van der Waals surface area (Å²) in [6.07, 6.45) is 3.27. The maximum Gasteiger partial charge on any atom is 0.275 e. The van der Waals surface area contributed by atoms with Crippen molar-refractivity contribution in [1.29, 1.82) is 0 Å². The second-order valence-electron chi connectivity index (χ2n) is 3.16. The Hall–Kier alpha value is -1.59. The molecular weight excluding hydrogens is 170 g/mol. The molecule has 0 aliphatic heterocycles. The predicted molar refractivity (Wildman–Crippen MR) is 45.9 cm³/mol. The molecule has 1 fully saturated rings. The number of anilines is 1. The largest absolute Gasteiger partial charge is 0.380 e. The van der Waals surface area contributed by atoms with E-state index in [1.54, 1.807) is 0 Å². The summed E-state index contributed by atoms with van der Waals surface area (Å²) in [6.45, 7) is 0. The molecule has 6 heteroatoms.